The minimum atomic E-state index is 0.511. The minimum Gasteiger partial charge on any atom is -0.317 e. The van der Waals surface area contributed by atoms with E-state index in [0.717, 1.165) is 19.0 Å². The first-order valence-electron chi connectivity index (χ1n) is 6.67. The molecule has 2 heteroatoms. The lowest BCUT2D eigenvalue weighted by atomic mass is 9.85. The average molecular weight is 232 g/mol. The van der Waals surface area contributed by atoms with E-state index in [1.54, 1.807) is 0 Å². The quantitative estimate of drug-likeness (QED) is 0.837. The van der Waals surface area contributed by atoms with Crippen LogP contribution in [0.25, 0.3) is 0 Å². The highest BCUT2D eigenvalue weighted by atomic mass is 14.9. The molecule has 0 saturated carbocycles. The molecule has 2 N–H and O–H groups in total. The maximum Gasteiger partial charge on any atom is 0.0347 e. The zero-order chi connectivity index (χ0) is 12.3. The van der Waals surface area contributed by atoms with Crippen molar-refractivity contribution < 1.29 is 0 Å². The van der Waals surface area contributed by atoms with Crippen molar-refractivity contribution in [3.8, 4) is 0 Å². The number of hydrogen-bond acceptors (Lipinski definition) is 2. The zero-order valence-corrected chi connectivity index (χ0v) is 11.2. The molecule has 1 unspecified atom stereocenters. The molecule has 0 radical (unpaired) electrons. The molecule has 1 aromatic carbocycles. The van der Waals surface area contributed by atoms with Gasteiger partial charge in [-0.25, -0.2) is 0 Å². The normalized spacial score (nSPS) is 19.2. The van der Waals surface area contributed by atoms with Crippen molar-refractivity contribution in [3.05, 3.63) is 34.9 Å². The van der Waals surface area contributed by atoms with Crippen LogP contribution < -0.4 is 10.6 Å². The summed E-state index contributed by atoms with van der Waals surface area (Å²) in [6, 6.07) is 7.39. The summed E-state index contributed by atoms with van der Waals surface area (Å²) in [6.45, 7) is 6.70. The van der Waals surface area contributed by atoms with E-state index >= 15 is 0 Å². The largest absolute Gasteiger partial charge is 0.317 e. The maximum atomic E-state index is 3.51. The van der Waals surface area contributed by atoms with Crippen LogP contribution in [0.1, 0.15) is 35.6 Å². The molecule has 0 amide bonds. The van der Waals surface area contributed by atoms with E-state index in [4.69, 9.17) is 0 Å². The van der Waals surface area contributed by atoms with Crippen molar-refractivity contribution in [2.24, 2.45) is 5.92 Å². The van der Waals surface area contributed by atoms with Crippen molar-refractivity contribution in [2.45, 2.75) is 32.7 Å². The highest BCUT2D eigenvalue weighted by molar-refractivity contribution is 5.32. The Labute approximate surface area is 105 Å². The van der Waals surface area contributed by atoms with E-state index in [9.17, 15) is 0 Å². The Hall–Kier alpha value is -0.860. The third kappa shape index (κ3) is 2.88. The summed E-state index contributed by atoms with van der Waals surface area (Å²) in [5.41, 5.74) is 4.23. The third-order valence-electron chi connectivity index (χ3n) is 4.06. The Balaban J connectivity index is 2.18. The van der Waals surface area contributed by atoms with Crippen LogP contribution in [0.15, 0.2) is 18.2 Å². The van der Waals surface area contributed by atoms with Crippen molar-refractivity contribution in [3.63, 3.8) is 0 Å². The number of rotatable bonds is 3. The van der Waals surface area contributed by atoms with Crippen LogP contribution >= 0.6 is 0 Å². The Morgan fingerprint density at radius 2 is 1.88 bits per heavy atom. The van der Waals surface area contributed by atoms with Crippen LogP contribution in [-0.2, 0) is 0 Å². The maximum absolute atomic E-state index is 3.51. The van der Waals surface area contributed by atoms with E-state index in [0.29, 0.717) is 6.04 Å². The van der Waals surface area contributed by atoms with Crippen molar-refractivity contribution >= 4 is 0 Å². The van der Waals surface area contributed by atoms with Crippen molar-refractivity contribution in [2.75, 3.05) is 20.1 Å². The van der Waals surface area contributed by atoms with Gasteiger partial charge in [0.25, 0.3) is 0 Å². The van der Waals surface area contributed by atoms with Gasteiger partial charge in [0.1, 0.15) is 0 Å². The second-order valence-electron chi connectivity index (χ2n) is 5.20. The second kappa shape index (κ2) is 5.65. The van der Waals surface area contributed by atoms with E-state index in [1.807, 2.05) is 0 Å². The van der Waals surface area contributed by atoms with E-state index in [1.165, 1.54) is 29.5 Å². The molecule has 1 saturated heterocycles. The van der Waals surface area contributed by atoms with Crippen LogP contribution in [0.3, 0.4) is 0 Å². The molecule has 94 valence electrons. The van der Waals surface area contributed by atoms with Gasteiger partial charge in [-0.15, -0.1) is 0 Å². The summed E-state index contributed by atoms with van der Waals surface area (Å²) in [7, 11) is 2.09. The van der Waals surface area contributed by atoms with Crippen molar-refractivity contribution in [1.82, 2.24) is 10.6 Å². The van der Waals surface area contributed by atoms with Gasteiger partial charge in [0.2, 0.25) is 0 Å². The molecule has 1 atom stereocenters. The molecule has 2 rings (SSSR count). The fourth-order valence-electron chi connectivity index (χ4n) is 2.81. The number of aryl methyl sites for hydroxylation is 2. The average Bonchev–Trinajstić information content (AvgIpc) is 2.36. The Bertz CT molecular complexity index is 367. The fraction of sp³-hybridized carbons (Fsp3) is 0.600. The van der Waals surface area contributed by atoms with E-state index in [2.05, 4.69) is 49.7 Å². The van der Waals surface area contributed by atoms with Gasteiger partial charge in [0.05, 0.1) is 0 Å². The molecule has 1 aliphatic heterocycles. The van der Waals surface area contributed by atoms with Gasteiger partial charge in [0, 0.05) is 6.04 Å². The number of nitrogens with one attached hydrogen (secondary N) is 2. The lowest BCUT2D eigenvalue weighted by molar-refractivity contribution is 0.294. The van der Waals surface area contributed by atoms with Gasteiger partial charge in [-0.05, 0) is 69.4 Å². The van der Waals surface area contributed by atoms with Crippen LogP contribution in [0.5, 0.6) is 0 Å². The smallest absolute Gasteiger partial charge is 0.0347 e. The first kappa shape index (κ1) is 12.6. The standard InChI is InChI=1S/C15H24N2/c1-11-4-5-14(10-12(11)2)15(16-3)13-6-8-17-9-7-13/h4-5,10,13,15-17H,6-9H2,1-3H3. The molecule has 2 nitrogen and oxygen atoms in total. The first-order chi connectivity index (χ1) is 8.22. The summed E-state index contributed by atoms with van der Waals surface area (Å²) in [5, 5.41) is 6.94. The first-order valence-corrected chi connectivity index (χ1v) is 6.67. The Morgan fingerprint density at radius 3 is 2.47 bits per heavy atom. The molecule has 1 fully saturated rings. The lowest BCUT2D eigenvalue weighted by Gasteiger charge is -2.31. The lowest BCUT2D eigenvalue weighted by Crippen LogP contribution is -2.35. The van der Waals surface area contributed by atoms with Gasteiger partial charge < -0.3 is 10.6 Å². The summed E-state index contributed by atoms with van der Waals surface area (Å²) in [6.07, 6.45) is 2.55. The van der Waals surface area contributed by atoms with Gasteiger partial charge in [-0.2, -0.15) is 0 Å². The highest BCUT2D eigenvalue weighted by Crippen LogP contribution is 2.29. The molecule has 1 heterocycles. The topological polar surface area (TPSA) is 24.1 Å². The number of benzene rings is 1. The van der Waals surface area contributed by atoms with E-state index in [-0.39, 0.29) is 0 Å². The molecular formula is C15H24N2. The summed E-state index contributed by atoms with van der Waals surface area (Å²) in [5.74, 6) is 0.767. The molecule has 0 aromatic heterocycles. The van der Waals surface area contributed by atoms with Gasteiger partial charge in [-0.1, -0.05) is 18.2 Å². The monoisotopic (exact) mass is 232 g/mol. The van der Waals surface area contributed by atoms with Gasteiger partial charge >= 0.3 is 0 Å². The molecule has 0 aliphatic carbocycles. The number of piperidine rings is 1. The Kier molecular flexibility index (Phi) is 4.19. The summed E-state index contributed by atoms with van der Waals surface area (Å²) >= 11 is 0. The molecule has 1 aromatic rings. The predicted molar refractivity (Wildman–Crippen MR) is 73.3 cm³/mol. The van der Waals surface area contributed by atoms with Crippen LogP contribution in [-0.4, -0.2) is 20.1 Å². The van der Waals surface area contributed by atoms with Crippen LogP contribution in [0.2, 0.25) is 0 Å². The van der Waals surface area contributed by atoms with Gasteiger partial charge in [-0.3, -0.25) is 0 Å². The number of hydrogen-bond donors (Lipinski definition) is 2. The minimum absolute atomic E-state index is 0.511. The fourth-order valence-corrected chi connectivity index (χ4v) is 2.81. The summed E-state index contributed by atoms with van der Waals surface area (Å²) in [4.78, 5) is 0. The molecule has 1 aliphatic rings. The molecule has 0 bridgehead atoms. The highest BCUT2D eigenvalue weighted by Gasteiger charge is 2.23. The molecule has 17 heavy (non-hydrogen) atoms. The SMILES string of the molecule is CNC(c1ccc(C)c(C)c1)C1CCNCC1. The van der Waals surface area contributed by atoms with Crippen molar-refractivity contribution in [1.29, 1.82) is 0 Å². The van der Waals surface area contributed by atoms with Gasteiger partial charge in [0.15, 0.2) is 0 Å². The third-order valence-corrected chi connectivity index (χ3v) is 4.06. The van der Waals surface area contributed by atoms with E-state index < -0.39 is 0 Å². The molecular weight excluding hydrogens is 208 g/mol. The predicted octanol–water partition coefficient (Wildman–Crippen LogP) is 2.56. The summed E-state index contributed by atoms with van der Waals surface area (Å²) < 4.78 is 0. The second-order valence-corrected chi connectivity index (χ2v) is 5.20. The zero-order valence-electron chi connectivity index (χ0n) is 11.2. The Morgan fingerprint density at radius 1 is 1.18 bits per heavy atom. The van der Waals surface area contributed by atoms with Crippen LogP contribution in [0, 0.1) is 19.8 Å². The molecule has 0 spiro atoms. The van der Waals surface area contributed by atoms with Crippen LogP contribution in [0.4, 0.5) is 0 Å².